The highest BCUT2D eigenvalue weighted by molar-refractivity contribution is 7.80. The van der Waals surface area contributed by atoms with Gasteiger partial charge in [-0.05, 0) is 53.8 Å². The van der Waals surface area contributed by atoms with Gasteiger partial charge in [-0.3, -0.25) is 0 Å². The van der Waals surface area contributed by atoms with Crippen LogP contribution < -0.4 is 10.6 Å². The van der Waals surface area contributed by atoms with E-state index < -0.39 is 17.6 Å². The molecule has 2 N–H and O–H groups in total. The maximum Gasteiger partial charge on any atom is 0.521 e. The number of nitrogens with one attached hydrogen (secondary N) is 2. The number of rotatable bonds is 16. The SMILES string of the molecule is CCO[Si](CNC(=S)NC[Si](OCC)(OCC)OCC)(OCC)OCC. The third-order valence-electron chi connectivity index (χ3n) is 3.12. The molecule has 0 aromatic heterocycles. The first-order chi connectivity index (χ1) is 12.5. The average molecular weight is 429 g/mol. The van der Waals surface area contributed by atoms with Gasteiger partial charge in [0.25, 0.3) is 0 Å². The predicted molar refractivity (Wildman–Crippen MR) is 110 cm³/mol. The maximum atomic E-state index is 5.80. The molecule has 0 saturated heterocycles. The lowest BCUT2D eigenvalue weighted by Gasteiger charge is -2.30. The molecular formula is C15H36N2O6SSi2. The van der Waals surface area contributed by atoms with Gasteiger partial charge in [-0.25, -0.2) is 0 Å². The molecule has 0 aliphatic rings. The molecule has 0 bridgehead atoms. The van der Waals surface area contributed by atoms with Gasteiger partial charge in [-0.15, -0.1) is 0 Å². The Morgan fingerprint density at radius 3 is 1.00 bits per heavy atom. The summed E-state index contributed by atoms with van der Waals surface area (Å²) < 4.78 is 34.8. The quantitative estimate of drug-likeness (QED) is 0.282. The van der Waals surface area contributed by atoms with E-state index in [1.54, 1.807) is 0 Å². The standard InChI is InChI=1S/C15H36N2O6SSi2/c1-7-18-25(19-8-2,20-9-3)13-16-15(24)17-14-26(21-10-4,22-11-5)23-12-6/h7-14H2,1-6H3,(H2,16,17,24). The Morgan fingerprint density at radius 2 is 0.808 bits per heavy atom. The minimum absolute atomic E-state index is 0.390. The van der Waals surface area contributed by atoms with Crippen molar-refractivity contribution in [3.8, 4) is 0 Å². The molecule has 26 heavy (non-hydrogen) atoms. The summed E-state index contributed by atoms with van der Waals surface area (Å²) in [5.41, 5.74) is 0. The summed E-state index contributed by atoms with van der Waals surface area (Å²) in [4.78, 5) is 0. The van der Waals surface area contributed by atoms with Crippen molar-refractivity contribution in [2.75, 3.05) is 52.0 Å². The summed E-state index contributed by atoms with van der Waals surface area (Å²) in [5, 5.41) is 6.73. The molecule has 0 saturated carbocycles. The Labute approximate surface area is 165 Å². The molecule has 0 rings (SSSR count). The van der Waals surface area contributed by atoms with Crippen molar-refractivity contribution in [3.05, 3.63) is 0 Å². The van der Waals surface area contributed by atoms with E-state index in [1.807, 2.05) is 41.5 Å². The Bertz CT molecular complexity index is 316. The summed E-state index contributed by atoms with van der Waals surface area (Å²) in [6.07, 6.45) is 0.779. The van der Waals surface area contributed by atoms with E-state index >= 15 is 0 Å². The van der Waals surface area contributed by atoms with Crippen LogP contribution in [0.4, 0.5) is 0 Å². The first kappa shape index (κ1) is 25.9. The molecule has 0 radical (unpaired) electrons. The molecule has 0 spiro atoms. The van der Waals surface area contributed by atoms with Crippen LogP contribution in [-0.4, -0.2) is 74.7 Å². The maximum absolute atomic E-state index is 5.80. The van der Waals surface area contributed by atoms with Crippen molar-refractivity contribution in [2.45, 2.75) is 41.5 Å². The Balaban J connectivity index is 4.77. The predicted octanol–water partition coefficient (Wildman–Crippen LogP) is 1.63. The summed E-state index contributed by atoms with van der Waals surface area (Å²) in [6, 6.07) is 0. The zero-order valence-corrected chi connectivity index (χ0v) is 19.8. The van der Waals surface area contributed by atoms with Crippen LogP contribution in [0.3, 0.4) is 0 Å². The molecule has 0 amide bonds. The Kier molecular flexibility index (Phi) is 14.8. The minimum atomic E-state index is -2.80. The second kappa shape index (κ2) is 14.9. The minimum Gasteiger partial charge on any atom is -0.373 e. The third kappa shape index (κ3) is 9.71. The van der Waals surface area contributed by atoms with Crippen molar-refractivity contribution < 1.29 is 26.6 Å². The van der Waals surface area contributed by atoms with Gasteiger partial charge >= 0.3 is 17.6 Å². The fraction of sp³-hybridized carbons (Fsp3) is 0.933. The zero-order valence-electron chi connectivity index (χ0n) is 17.0. The Morgan fingerprint density at radius 1 is 0.577 bits per heavy atom. The van der Waals surface area contributed by atoms with Gasteiger partial charge < -0.3 is 37.2 Å². The first-order valence-electron chi connectivity index (χ1n) is 9.32. The zero-order chi connectivity index (χ0) is 19.9. The fourth-order valence-electron chi connectivity index (χ4n) is 2.32. The molecule has 0 aromatic carbocycles. The normalized spacial score (nSPS) is 12.2. The summed E-state index contributed by atoms with van der Waals surface area (Å²) in [6.45, 7) is 14.6. The van der Waals surface area contributed by atoms with Crippen LogP contribution >= 0.6 is 12.2 Å². The van der Waals surface area contributed by atoms with Crippen molar-refractivity contribution >= 4 is 34.9 Å². The lowest BCUT2D eigenvalue weighted by atomic mass is 10.9. The first-order valence-corrected chi connectivity index (χ1v) is 13.6. The van der Waals surface area contributed by atoms with Crippen LogP contribution in [0.25, 0.3) is 0 Å². The molecule has 8 nitrogen and oxygen atoms in total. The molecule has 0 aliphatic heterocycles. The van der Waals surface area contributed by atoms with Gasteiger partial charge in [0.05, 0.1) is 12.3 Å². The second-order valence-corrected chi connectivity index (χ2v) is 10.6. The summed E-state index contributed by atoms with van der Waals surface area (Å²) in [5.74, 6) is 0. The summed E-state index contributed by atoms with van der Waals surface area (Å²) >= 11 is 5.38. The Hall–Kier alpha value is -0.116. The fourth-order valence-corrected chi connectivity index (χ4v) is 7.25. The lowest BCUT2D eigenvalue weighted by Crippen LogP contribution is -2.59. The molecule has 0 atom stereocenters. The van der Waals surface area contributed by atoms with Gasteiger partial charge in [-0.1, -0.05) is 0 Å². The van der Waals surface area contributed by atoms with E-state index in [9.17, 15) is 0 Å². The molecule has 0 heterocycles. The lowest BCUT2D eigenvalue weighted by molar-refractivity contribution is 0.0712. The van der Waals surface area contributed by atoms with Crippen molar-refractivity contribution in [3.63, 3.8) is 0 Å². The molecule has 11 heteroatoms. The topological polar surface area (TPSA) is 79.4 Å². The molecule has 0 aliphatic carbocycles. The van der Waals surface area contributed by atoms with Crippen molar-refractivity contribution in [1.82, 2.24) is 10.6 Å². The molecule has 0 fully saturated rings. The van der Waals surface area contributed by atoms with Gasteiger partial charge in [-0.2, -0.15) is 0 Å². The van der Waals surface area contributed by atoms with Gasteiger partial charge in [0.2, 0.25) is 0 Å². The van der Waals surface area contributed by atoms with Crippen molar-refractivity contribution in [1.29, 1.82) is 0 Å². The number of thiocarbonyl (C=S) groups is 1. The number of hydrogen-bond acceptors (Lipinski definition) is 7. The van der Waals surface area contributed by atoms with Gasteiger partial charge in [0, 0.05) is 39.6 Å². The highest BCUT2D eigenvalue weighted by atomic mass is 32.1. The average Bonchev–Trinajstić information content (AvgIpc) is 2.60. The highest BCUT2D eigenvalue weighted by Gasteiger charge is 2.42. The highest BCUT2D eigenvalue weighted by Crippen LogP contribution is 2.10. The van der Waals surface area contributed by atoms with Crippen LogP contribution in [0, 0.1) is 0 Å². The van der Waals surface area contributed by atoms with E-state index in [2.05, 4.69) is 10.6 Å². The summed E-state index contributed by atoms with van der Waals surface area (Å²) in [7, 11) is -5.60. The number of hydrogen-bond donors (Lipinski definition) is 2. The molecular weight excluding hydrogens is 392 g/mol. The monoisotopic (exact) mass is 428 g/mol. The van der Waals surface area contributed by atoms with Gasteiger partial charge in [0.1, 0.15) is 0 Å². The van der Waals surface area contributed by atoms with E-state index in [1.165, 1.54) is 0 Å². The van der Waals surface area contributed by atoms with Crippen LogP contribution in [0.2, 0.25) is 0 Å². The van der Waals surface area contributed by atoms with E-state index in [4.69, 9.17) is 38.8 Å². The largest absolute Gasteiger partial charge is 0.521 e. The van der Waals surface area contributed by atoms with E-state index in [-0.39, 0.29) is 0 Å². The second-order valence-electron chi connectivity index (χ2n) is 5.00. The van der Waals surface area contributed by atoms with E-state index in [0.717, 1.165) is 0 Å². The molecule has 156 valence electrons. The van der Waals surface area contributed by atoms with Crippen molar-refractivity contribution in [2.24, 2.45) is 0 Å². The van der Waals surface area contributed by atoms with Crippen LogP contribution in [0.1, 0.15) is 41.5 Å². The van der Waals surface area contributed by atoms with Crippen LogP contribution in [0.15, 0.2) is 0 Å². The van der Waals surface area contributed by atoms with Gasteiger partial charge in [0.15, 0.2) is 5.11 Å². The smallest absolute Gasteiger partial charge is 0.373 e. The van der Waals surface area contributed by atoms with E-state index in [0.29, 0.717) is 57.1 Å². The van der Waals surface area contributed by atoms with Crippen LogP contribution in [-0.2, 0) is 26.6 Å². The molecule has 0 unspecified atom stereocenters. The van der Waals surface area contributed by atoms with Crippen LogP contribution in [0.5, 0.6) is 0 Å². The third-order valence-corrected chi connectivity index (χ3v) is 9.00. The molecule has 0 aromatic rings.